The molecule has 29 heavy (non-hydrogen) atoms. The number of carbonyl (C=O) groups excluding carboxylic acids is 2. The number of thioether (sulfide) groups is 2. The lowest BCUT2D eigenvalue weighted by molar-refractivity contribution is -0.115. The van der Waals surface area contributed by atoms with E-state index in [2.05, 4.69) is 20.5 Å². The fraction of sp³-hybridized carbons (Fsp3) is 0.105. The summed E-state index contributed by atoms with van der Waals surface area (Å²) >= 11 is 2.30. The minimum absolute atomic E-state index is 0.354. The smallest absolute Gasteiger partial charge is 0.290 e. The zero-order valence-electron chi connectivity index (χ0n) is 14.9. The summed E-state index contributed by atoms with van der Waals surface area (Å²) in [5, 5.41) is 10.4. The molecular formula is C19H14N4O4S2. The number of benzene rings is 1. The number of nitrogens with one attached hydrogen (secondary N) is 1. The van der Waals surface area contributed by atoms with Gasteiger partial charge in [-0.1, -0.05) is 23.9 Å². The number of pyridine rings is 1. The monoisotopic (exact) mass is 426 g/mol. The van der Waals surface area contributed by atoms with Crippen molar-refractivity contribution in [3.05, 3.63) is 59.3 Å². The summed E-state index contributed by atoms with van der Waals surface area (Å²) in [6.07, 6.45) is 5.02. The number of amides is 2. The van der Waals surface area contributed by atoms with Crippen molar-refractivity contribution in [2.24, 2.45) is 0 Å². The predicted molar refractivity (Wildman–Crippen MR) is 109 cm³/mol. The van der Waals surface area contributed by atoms with Crippen LogP contribution in [0, 0.1) is 0 Å². The van der Waals surface area contributed by atoms with E-state index in [1.165, 1.54) is 11.8 Å². The average Bonchev–Trinajstić information content (AvgIpc) is 3.33. The third-order valence-corrected chi connectivity index (χ3v) is 5.31. The van der Waals surface area contributed by atoms with Gasteiger partial charge in [-0.05, 0) is 47.7 Å². The summed E-state index contributed by atoms with van der Waals surface area (Å²) in [6.45, 7) is 0.461. The number of ether oxygens (including phenoxy) is 1. The average molecular weight is 426 g/mol. The van der Waals surface area contributed by atoms with Crippen LogP contribution in [-0.2, 0) is 4.79 Å². The van der Waals surface area contributed by atoms with Crippen molar-refractivity contribution < 1.29 is 18.7 Å². The minimum atomic E-state index is -0.370. The molecule has 146 valence electrons. The van der Waals surface area contributed by atoms with Gasteiger partial charge in [0.2, 0.25) is 5.89 Å². The molecule has 3 heterocycles. The van der Waals surface area contributed by atoms with Crippen LogP contribution in [0.3, 0.4) is 0 Å². The first kappa shape index (κ1) is 19.2. The van der Waals surface area contributed by atoms with E-state index in [1.807, 2.05) is 36.4 Å². The second-order valence-electron chi connectivity index (χ2n) is 5.73. The molecule has 2 amide bonds. The maximum Gasteiger partial charge on any atom is 0.290 e. The zero-order valence-corrected chi connectivity index (χ0v) is 16.5. The minimum Gasteiger partial charge on any atom is -0.493 e. The molecule has 4 rings (SSSR count). The Morgan fingerprint density at radius 1 is 1.17 bits per heavy atom. The van der Waals surface area contributed by atoms with Gasteiger partial charge in [-0.25, -0.2) is 0 Å². The van der Waals surface area contributed by atoms with Gasteiger partial charge in [0.25, 0.3) is 16.4 Å². The summed E-state index contributed by atoms with van der Waals surface area (Å²) in [5.74, 6) is 1.40. The molecule has 0 spiro atoms. The number of hydrogen-bond acceptors (Lipinski definition) is 9. The Balaban J connectivity index is 1.25. The highest BCUT2D eigenvalue weighted by Gasteiger charge is 2.24. The molecule has 0 aliphatic carbocycles. The lowest BCUT2D eigenvalue weighted by atomic mass is 10.2. The lowest BCUT2D eigenvalue weighted by Crippen LogP contribution is -2.17. The SMILES string of the molecule is O=C1NC(=O)/C(=C/c2ccc(OCCSc3nnc(-c4cccnc4)o3)cc2)S1. The van der Waals surface area contributed by atoms with Gasteiger partial charge >= 0.3 is 0 Å². The normalized spacial score (nSPS) is 15.0. The first-order valence-electron chi connectivity index (χ1n) is 8.52. The first-order valence-corrected chi connectivity index (χ1v) is 10.3. The van der Waals surface area contributed by atoms with Crippen LogP contribution < -0.4 is 10.1 Å². The molecule has 0 unspecified atom stereocenters. The molecule has 1 saturated heterocycles. The van der Waals surface area contributed by atoms with Crippen molar-refractivity contribution in [2.45, 2.75) is 5.22 Å². The van der Waals surface area contributed by atoms with E-state index in [-0.39, 0.29) is 11.1 Å². The van der Waals surface area contributed by atoms with E-state index in [0.29, 0.717) is 34.1 Å². The van der Waals surface area contributed by atoms with Crippen LogP contribution in [0.25, 0.3) is 17.5 Å². The Morgan fingerprint density at radius 3 is 2.76 bits per heavy atom. The van der Waals surface area contributed by atoms with Crippen molar-refractivity contribution in [3.8, 4) is 17.2 Å². The van der Waals surface area contributed by atoms with E-state index in [1.54, 1.807) is 18.5 Å². The van der Waals surface area contributed by atoms with E-state index >= 15 is 0 Å². The van der Waals surface area contributed by atoms with Gasteiger partial charge < -0.3 is 9.15 Å². The van der Waals surface area contributed by atoms with Crippen molar-refractivity contribution in [1.82, 2.24) is 20.5 Å². The Kier molecular flexibility index (Phi) is 5.92. The van der Waals surface area contributed by atoms with E-state index < -0.39 is 0 Å². The van der Waals surface area contributed by atoms with Gasteiger partial charge in [-0.15, -0.1) is 10.2 Å². The van der Waals surface area contributed by atoms with E-state index in [4.69, 9.17) is 9.15 Å². The van der Waals surface area contributed by atoms with Gasteiger partial charge in [-0.2, -0.15) is 0 Å². The maximum absolute atomic E-state index is 11.6. The molecule has 0 saturated carbocycles. The van der Waals surface area contributed by atoms with E-state index in [0.717, 1.165) is 22.9 Å². The highest BCUT2D eigenvalue weighted by Crippen LogP contribution is 2.26. The van der Waals surface area contributed by atoms with Crippen molar-refractivity contribution in [1.29, 1.82) is 0 Å². The van der Waals surface area contributed by atoms with Gasteiger partial charge in [-0.3, -0.25) is 19.9 Å². The number of carbonyl (C=O) groups is 2. The Bertz CT molecular complexity index is 1050. The standard InChI is InChI=1S/C19H14N4O4S2/c24-16-15(29-18(25)21-16)10-12-3-5-14(6-4-12)26-8-9-28-19-23-22-17(27-19)13-2-1-7-20-11-13/h1-7,10-11H,8-9H2,(H,21,24,25)/b15-10-. The topological polar surface area (TPSA) is 107 Å². The molecule has 1 aliphatic rings. The number of imide groups is 1. The van der Waals surface area contributed by atoms with E-state index in [9.17, 15) is 9.59 Å². The highest BCUT2D eigenvalue weighted by molar-refractivity contribution is 8.18. The maximum atomic E-state index is 11.6. The Morgan fingerprint density at radius 2 is 2.03 bits per heavy atom. The van der Waals surface area contributed by atoms with Crippen LogP contribution in [-0.4, -0.2) is 38.7 Å². The molecule has 3 aromatic rings. The summed E-state index contributed by atoms with van der Waals surface area (Å²) in [7, 11) is 0. The molecule has 10 heteroatoms. The largest absolute Gasteiger partial charge is 0.493 e. The molecule has 0 atom stereocenters. The van der Waals surface area contributed by atoms with Crippen LogP contribution >= 0.6 is 23.5 Å². The van der Waals surface area contributed by atoms with Crippen LogP contribution in [0.4, 0.5) is 4.79 Å². The fourth-order valence-electron chi connectivity index (χ4n) is 2.40. The molecule has 2 aromatic heterocycles. The molecule has 8 nitrogen and oxygen atoms in total. The van der Waals surface area contributed by atoms with Gasteiger partial charge in [0.1, 0.15) is 5.75 Å². The zero-order chi connectivity index (χ0) is 20.1. The molecule has 1 N–H and O–H groups in total. The number of nitrogens with zero attached hydrogens (tertiary/aromatic N) is 3. The lowest BCUT2D eigenvalue weighted by Gasteiger charge is -2.05. The quantitative estimate of drug-likeness (QED) is 0.344. The van der Waals surface area contributed by atoms with Crippen LogP contribution in [0.2, 0.25) is 0 Å². The number of hydrogen-bond donors (Lipinski definition) is 1. The highest BCUT2D eigenvalue weighted by atomic mass is 32.2. The van der Waals surface area contributed by atoms with Crippen molar-refractivity contribution in [2.75, 3.05) is 12.4 Å². The second kappa shape index (κ2) is 8.93. The summed E-state index contributed by atoms with van der Waals surface area (Å²) < 4.78 is 11.3. The molecule has 0 radical (unpaired) electrons. The third kappa shape index (κ3) is 5.04. The Labute approximate surface area is 174 Å². The van der Waals surface area contributed by atoms with Crippen LogP contribution in [0.1, 0.15) is 5.56 Å². The van der Waals surface area contributed by atoms with Gasteiger partial charge in [0, 0.05) is 18.1 Å². The molecule has 1 aromatic carbocycles. The molecule has 1 fully saturated rings. The van der Waals surface area contributed by atoms with Gasteiger partial charge in [0.05, 0.1) is 17.1 Å². The van der Waals surface area contributed by atoms with Crippen LogP contribution in [0.5, 0.6) is 5.75 Å². The van der Waals surface area contributed by atoms with Crippen molar-refractivity contribution in [3.63, 3.8) is 0 Å². The summed E-state index contributed by atoms with van der Waals surface area (Å²) in [5.41, 5.74) is 1.59. The van der Waals surface area contributed by atoms with Gasteiger partial charge in [0.15, 0.2) is 0 Å². The Hall–Kier alpha value is -3.11. The fourth-order valence-corrected chi connectivity index (χ4v) is 3.66. The summed E-state index contributed by atoms with van der Waals surface area (Å²) in [6, 6.07) is 10.9. The molecular weight excluding hydrogens is 412 g/mol. The number of aromatic nitrogens is 3. The summed E-state index contributed by atoms with van der Waals surface area (Å²) in [4.78, 5) is 27.1. The van der Waals surface area contributed by atoms with Crippen molar-refractivity contribution >= 4 is 40.7 Å². The molecule has 1 aliphatic heterocycles. The second-order valence-corrected chi connectivity index (χ2v) is 7.79. The first-order chi connectivity index (χ1) is 14.2. The number of rotatable bonds is 7. The predicted octanol–water partition coefficient (Wildman–Crippen LogP) is 3.63. The third-order valence-electron chi connectivity index (χ3n) is 3.71. The van der Waals surface area contributed by atoms with Crippen LogP contribution in [0.15, 0.2) is 63.3 Å². The molecule has 0 bridgehead atoms.